The number of amides is 2. The first-order valence-electron chi connectivity index (χ1n) is 8.32. The van der Waals surface area contributed by atoms with Gasteiger partial charge in [-0.05, 0) is 37.2 Å². The molecular formula is C18H21N3OS. The van der Waals surface area contributed by atoms with E-state index in [1.807, 2.05) is 34.7 Å². The van der Waals surface area contributed by atoms with Gasteiger partial charge in [0.1, 0.15) is 5.01 Å². The maximum absolute atomic E-state index is 12.9. The SMILES string of the molecule is O=C(N[C@H](c1nccs1)C1CC1)N(Cc1ccccc1)C1CC1. The van der Waals surface area contributed by atoms with Gasteiger partial charge in [-0.15, -0.1) is 11.3 Å². The zero-order valence-corrected chi connectivity index (χ0v) is 13.8. The molecule has 1 aromatic carbocycles. The van der Waals surface area contributed by atoms with Gasteiger partial charge in [-0.25, -0.2) is 9.78 Å². The van der Waals surface area contributed by atoms with Gasteiger partial charge < -0.3 is 10.2 Å². The highest BCUT2D eigenvalue weighted by atomic mass is 32.1. The van der Waals surface area contributed by atoms with E-state index in [1.165, 1.54) is 18.4 Å². The molecule has 2 aliphatic carbocycles. The fourth-order valence-corrected chi connectivity index (χ4v) is 3.73. The fraction of sp³-hybridized carbons (Fsp3) is 0.444. The summed E-state index contributed by atoms with van der Waals surface area (Å²) in [5.41, 5.74) is 1.19. The van der Waals surface area contributed by atoms with Crippen LogP contribution in [0.25, 0.3) is 0 Å². The number of urea groups is 1. The van der Waals surface area contributed by atoms with Crippen LogP contribution >= 0.6 is 11.3 Å². The summed E-state index contributed by atoms with van der Waals surface area (Å²) in [6.07, 6.45) is 6.43. The normalized spacial score (nSPS) is 18.4. The Kier molecular flexibility index (Phi) is 4.04. The van der Waals surface area contributed by atoms with Crippen LogP contribution in [0.1, 0.15) is 42.3 Å². The summed E-state index contributed by atoms with van der Waals surface area (Å²) in [5, 5.41) is 6.28. The van der Waals surface area contributed by atoms with Crippen molar-refractivity contribution < 1.29 is 4.79 Å². The van der Waals surface area contributed by atoms with E-state index in [4.69, 9.17) is 0 Å². The van der Waals surface area contributed by atoms with Crippen molar-refractivity contribution in [2.24, 2.45) is 5.92 Å². The van der Waals surface area contributed by atoms with Gasteiger partial charge in [-0.1, -0.05) is 30.3 Å². The van der Waals surface area contributed by atoms with Crippen LogP contribution in [-0.4, -0.2) is 22.0 Å². The van der Waals surface area contributed by atoms with Crippen molar-refractivity contribution in [3.8, 4) is 0 Å². The summed E-state index contributed by atoms with van der Waals surface area (Å²) in [6.45, 7) is 0.687. The predicted molar refractivity (Wildman–Crippen MR) is 91.1 cm³/mol. The third kappa shape index (κ3) is 3.55. The Bertz CT molecular complexity index is 650. The van der Waals surface area contributed by atoms with E-state index < -0.39 is 0 Å². The first kappa shape index (κ1) is 14.7. The van der Waals surface area contributed by atoms with Crippen molar-refractivity contribution in [3.05, 3.63) is 52.5 Å². The molecule has 2 amide bonds. The standard InChI is InChI=1S/C18H21N3OS/c22-18(20-16(14-6-7-14)17-19-10-11-23-17)21(15-8-9-15)12-13-4-2-1-3-5-13/h1-5,10-11,14-16H,6-9,12H2,(H,20,22)/t16-/m0/s1. The maximum atomic E-state index is 12.9. The van der Waals surface area contributed by atoms with Crippen LogP contribution in [0.15, 0.2) is 41.9 Å². The largest absolute Gasteiger partial charge is 0.328 e. The van der Waals surface area contributed by atoms with Crippen molar-refractivity contribution >= 4 is 17.4 Å². The van der Waals surface area contributed by atoms with E-state index in [0.717, 1.165) is 17.8 Å². The molecule has 2 saturated carbocycles. The average Bonchev–Trinajstić information content (AvgIpc) is 3.50. The molecule has 1 N–H and O–H groups in total. The van der Waals surface area contributed by atoms with Gasteiger partial charge in [0.2, 0.25) is 0 Å². The smallest absolute Gasteiger partial charge is 0.318 e. The topological polar surface area (TPSA) is 45.2 Å². The second-order valence-electron chi connectivity index (χ2n) is 6.48. The molecule has 0 spiro atoms. The molecule has 2 aliphatic rings. The number of carbonyl (C=O) groups is 1. The molecule has 0 unspecified atom stereocenters. The molecule has 120 valence electrons. The number of hydrogen-bond donors (Lipinski definition) is 1. The summed E-state index contributed by atoms with van der Waals surface area (Å²) in [5.74, 6) is 0.558. The second kappa shape index (κ2) is 6.32. The van der Waals surface area contributed by atoms with Crippen LogP contribution in [0.2, 0.25) is 0 Å². The monoisotopic (exact) mass is 327 g/mol. The highest BCUT2D eigenvalue weighted by molar-refractivity contribution is 7.09. The number of aromatic nitrogens is 1. The Morgan fingerprint density at radius 1 is 1.26 bits per heavy atom. The van der Waals surface area contributed by atoms with Gasteiger partial charge in [-0.3, -0.25) is 0 Å². The molecule has 0 radical (unpaired) electrons. The first-order chi connectivity index (χ1) is 11.3. The number of carbonyl (C=O) groups excluding carboxylic acids is 1. The molecule has 2 aromatic rings. The Morgan fingerprint density at radius 2 is 2.04 bits per heavy atom. The molecule has 1 heterocycles. The number of thiazole rings is 1. The summed E-state index contributed by atoms with van der Waals surface area (Å²) in [4.78, 5) is 19.3. The number of hydrogen-bond acceptors (Lipinski definition) is 3. The molecule has 0 aliphatic heterocycles. The third-order valence-electron chi connectivity index (χ3n) is 4.53. The van der Waals surface area contributed by atoms with Gasteiger partial charge in [0.15, 0.2) is 0 Å². The second-order valence-corrected chi connectivity index (χ2v) is 7.41. The van der Waals surface area contributed by atoms with Gasteiger partial charge in [0.05, 0.1) is 6.04 Å². The fourth-order valence-electron chi connectivity index (χ4n) is 2.95. The molecule has 23 heavy (non-hydrogen) atoms. The van der Waals surface area contributed by atoms with Crippen molar-refractivity contribution in [1.29, 1.82) is 0 Å². The molecule has 1 atom stereocenters. The lowest BCUT2D eigenvalue weighted by Crippen LogP contribution is -2.43. The van der Waals surface area contributed by atoms with Crippen LogP contribution < -0.4 is 5.32 Å². The number of benzene rings is 1. The zero-order chi connectivity index (χ0) is 15.6. The van der Waals surface area contributed by atoms with Gasteiger partial charge in [0, 0.05) is 24.2 Å². The Hall–Kier alpha value is -1.88. The van der Waals surface area contributed by atoms with E-state index in [-0.39, 0.29) is 12.1 Å². The van der Waals surface area contributed by atoms with Crippen molar-refractivity contribution in [2.45, 2.75) is 44.3 Å². The maximum Gasteiger partial charge on any atom is 0.318 e. The lowest BCUT2D eigenvalue weighted by atomic mass is 10.2. The third-order valence-corrected chi connectivity index (χ3v) is 5.39. The van der Waals surface area contributed by atoms with Crippen LogP contribution in [0.3, 0.4) is 0 Å². The van der Waals surface area contributed by atoms with E-state index in [9.17, 15) is 4.79 Å². The molecule has 0 saturated heterocycles. The van der Waals surface area contributed by atoms with Gasteiger partial charge in [-0.2, -0.15) is 0 Å². The van der Waals surface area contributed by atoms with Crippen LogP contribution in [0.4, 0.5) is 4.79 Å². The summed E-state index contributed by atoms with van der Waals surface area (Å²) in [7, 11) is 0. The molecule has 4 rings (SSSR count). The van der Waals surface area contributed by atoms with Gasteiger partial charge >= 0.3 is 6.03 Å². The molecule has 1 aromatic heterocycles. The summed E-state index contributed by atoms with van der Waals surface area (Å²) in [6, 6.07) is 10.8. The lowest BCUT2D eigenvalue weighted by molar-refractivity contribution is 0.186. The van der Waals surface area contributed by atoms with Crippen LogP contribution in [0, 0.1) is 5.92 Å². The van der Waals surface area contributed by atoms with Crippen LogP contribution in [0.5, 0.6) is 0 Å². The molecular weight excluding hydrogens is 306 g/mol. The van der Waals surface area contributed by atoms with Crippen molar-refractivity contribution in [1.82, 2.24) is 15.2 Å². The van der Waals surface area contributed by atoms with E-state index in [2.05, 4.69) is 22.4 Å². The van der Waals surface area contributed by atoms with Crippen LogP contribution in [-0.2, 0) is 6.54 Å². The highest BCUT2D eigenvalue weighted by Gasteiger charge is 2.38. The minimum Gasteiger partial charge on any atom is -0.328 e. The van der Waals surface area contributed by atoms with E-state index in [0.29, 0.717) is 18.5 Å². The molecule has 2 fully saturated rings. The Balaban J connectivity index is 1.47. The van der Waals surface area contributed by atoms with Gasteiger partial charge in [0.25, 0.3) is 0 Å². The molecule has 0 bridgehead atoms. The molecule has 4 nitrogen and oxygen atoms in total. The molecule has 5 heteroatoms. The van der Waals surface area contributed by atoms with Crippen molar-refractivity contribution in [2.75, 3.05) is 0 Å². The predicted octanol–water partition coefficient (Wildman–Crippen LogP) is 3.97. The quantitative estimate of drug-likeness (QED) is 0.872. The minimum atomic E-state index is 0.0588. The average molecular weight is 327 g/mol. The van der Waals surface area contributed by atoms with Crippen molar-refractivity contribution in [3.63, 3.8) is 0 Å². The van der Waals surface area contributed by atoms with E-state index in [1.54, 1.807) is 11.3 Å². The minimum absolute atomic E-state index is 0.0588. The Morgan fingerprint density at radius 3 is 2.65 bits per heavy atom. The number of rotatable bonds is 6. The number of nitrogens with one attached hydrogen (secondary N) is 1. The summed E-state index contributed by atoms with van der Waals surface area (Å²) >= 11 is 1.64. The zero-order valence-electron chi connectivity index (χ0n) is 13.0. The lowest BCUT2D eigenvalue weighted by Gasteiger charge is -2.26. The first-order valence-corrected chi connectivity index (χ1v) is 9.19. The number of nitrogens with zero attached hydrogens (tertiary/aromatic N) is 2. The highest BCUT2D eigenvalue weighted by Crippen LogP contribution is 2.42. The Labute approximate surface area is 140 Å². The summed E-state index contributed by atoms with van der Waals surface area (Å²) < 4.78 is 0. The van der Waals surface area contributed by atoms with E-state index >= 15 is 0 Å².